The highest BCUT2D eigenvalue weighted by molar-refractivity contribution is 9.10. The van der Waals surface area contributed by atoms with Crippen molar-refractivity contribution in [3.63, 3.8) is 0 Å². The average Bonchev–Trinajstić information content (AvgIpc) is 2.30. The molecule has 0 atom stereocenters. The molecule has 17 heavy (non-hydrogen) atoms. The lowest BCUT2D eigenvalue weighted by molar-refractivity contribution is 0.0910. The summed E-state index contributed by atoms with van der Waals surface area (Å²) in [6.07, 6.45) is 0. The molecule has 3 N–H and O–H groups in total. The molecule has 0 unspecified atom stereocenters. The standard InChI is InChI=1S/C12H16BrNO3/c1-12(2,7-15)6-14-11(17)8-3-4-9(13)10(16)5-8/h3-5,15-16H,6-7H2,1-2H3,(H,14,17). The minimum atomic E-state index is -0.354. The third kappa shape index (κ3) is 4.02. The van der Waals surface area contributed by atoms with Crippen molar-refractivity contribution in [1.82, 2.24) is 5.32 Å². The summed E-state index contributed by atoms with van der Waals surface area (Å²) in [5.41, 5.74) is 0.0343. The van der Waals surface area contributed by atoms with E-state index in [1.54, 1.807) is 12.1 Å². The van der Waals surface area contributed by atoms with Crippen molar-refractivity contribution in [2.75, 3.05) is 13.2 Å². The summed E-state index contributed by atoms with van der Waals surface area (Å²) < 4.78 is 0.546. The van der Waals surface area contributed by atoms with E-state index in [2.05, 4.69) is 21.2 Å². The van der Waals surface area contributed by atoms with Gasteiger partial charge in [-0.3, -0.25) is 4.79 Å². The first-order chi connectivity index (χ1) is 7.85. The lowest BCUT2D eigenvalue weighted by Gasteiger charge is -2.21. The highest BCUT2D eigenvalue weighted by Gasteiger charge is 2.18. The van der Waals surface area contributed by atoms with Crippen LogP contribution in [0.1, 0.15) is 24.2 Å². The molecule has 0 heterocycles. The van der Waals surface area contributed by atoms with E-state index in [4.69, 9.17) is 5.11 Å². The third-order valence-electron chi connectivity index (χ3n) is 2.36. The fourth-order valence-corrected chi connectivity index (χ4v) is 1.38. The fraction of sp³-hybridized carbons (Fsp3) is 0.417. The smallest absolute Gasteiger partial charge is 0.251 e. The maximum atomic E-state index is 11.8. The van der Waals surface area contributed by atoms with E-state index >= 15 is 0 Å². The van der Waals surface area contributed by atoms with Crippen LogP contribution in [0.5, 0.6) is 5.75 Å². The SMILES string of the molecule is CC(C)(CO)CNC(=O)c1ccc(Br)c(O)c1. The molecule has 1 rings (SSSR count). The van der Waals surface area contributed by atoms with Gasteiger partial charge in [0.15, 0.2) is 0 Å². The Labute approximate surface area is 109 Å². The van der Waals surface area contributed by atoms with Crippen LogP contribution in [0.3, 0.4) is 0 Å². The maximum Gasteiger partial charge on any atom is 0.251 e. The Morgan fingerprint density at radius 1 is 1.47 bits per heavy atom. The number of halogens is 1. The van der Waals surface area contributed by atoms with Crippen molar-refractivity contribution in [2.24, 2.45) is 5.41 Å². The van der Waals surface area contributed by atoms with E-state index in [0.717, 1.165) is 0 Å². The second-order valence-electron chi connectivity index (χ2n) is 4.67. The van der Waals surface area contributed by atoms with Crippen LogP contribution in [0, 0.1) is 5.41 Å². The van der Waals surface area contributed by atoms with Gasteiger partial charge in [0.1, 0.15) is 5.75 Å². The number of amides is 1. The molecule has 0 bridgehead atoms. The number of nitrogens with one attached hydrogen (secondary N) is 1. The van der Waals surface area contributed by atoms with Crippen LogP contribution in [0.4, 0.5) is 0 Å². The molecule has 0 radical (unpaired) electrons. The zero-order valence-electron chi connectivity index (χ0n) is 9.83. The van der Waals surface area contributed by atoms with Crippen LogP contribution < -0.4 is 5.32 Å². The van der Waals surface area contributed by atoms with E-state index in [9.17, 15) is 9.90 Å². The van der Waals surface area contributed by atoms with Gasteiger partial charge in [-0.1, -0.05) is 13.8 Å². The summed E-state index contributed by atoms with van der Waals surface area (Å²) in [6.45, 7) is 4.08. The van der Waals surface area contributed by atoms with Crippen LogP contribution in [0.2, 0.25) is 0 Å². The molecule has 0 fully saturated rings. The van der Waals surface area contributed by atoms with Crippen molar-refractivity contribution >= 4 is 21.8 Å². The molecule has 1 aromatic carbocycles. The second-order valence-corrected chi connectivity index (χ2v) is 5.53. The Balaban J connectivity index is 2.68. The highest BCUT2D eigenvalue weighted by atomic mass is 79.9. The Morgan fingerprint density at radius 3 is 2.65 bits per heavy atom. The summed E-state index contributed by atoms with van der Waals surface area (Å²) in [4.78, 5) is 11.8. The van der Waals surface area contributed by atoms with E-state index in [-0.39, 0.29) is 23.7 Å². The minimum Gasteiger partial charge on any atom is -0.507 e. The van der Waals surface area contributed by atoms with Crippen molar-refractivity contribution in [2.45, 2.75) is 13.8 Å². The molecule has 0 aliphatic carbocycles. The summed E-state index contributed by atoms with van der Waals surface area (Å²) in [6, 6.07) is 4.62. The first-order valence-electron chi connectivity index (χ1n) is 5.23. The number of rotatable bonds is 4. The van der Waals surface area contributed by atoms with Crippen molar-refractivity contribution < 1.29 is 15.0 Å². The fourth-order valence-electron chi connectivity index (χ4n) is 1.13. The number of benzene rings is 1. The highest BCUT2D eigenvalue weighted by Crippen LogP contribution is 2.24. The monoisotopic (exact) mass is 301 g/mol. The van der Waals surface area contributed by atoms with E-state index in [0.29, 0.717) is 16.6 Å². The van der Waals surface area contributed by atoms with Crippen LogP contribution in [0.15, 0.2) is 22.7 Å². The molecule has 5 heteroatoms. The number of hydrogen-bond donors (Lipinski definition) is 3. The van der Waals surface area contributed by atoms with Gasteiger partial charge in [-0.25, -0.2) is 0 Å². The number of phenols is 1. The number of hydrogen-bond acceptors (Lipinski definition) is 3. The number of carbonyl (C=O) groups is 1. The van der Waals surface area contributed by atoms with Gasteiger partial charge in [-0.2, -0.15) is 0 Å². The number of aliphatic hydroxyl groups is 1. The Kier molecular flexibility index (Phi) is 4.54. The van der Waals surface area contributed by atoms with Crippen LogP contribution >= 0.6 is 15.9 Å². The summed E-state index contributed by atoms with van der Waals surface area (Å²) >= 11 is 3.15. The normalized spacial score (nSPS) is 11.3. The lowest BCUT2D eigenvalue weighted by Crippen LogP contribution is -2.36. The van der Waals surface area contributed by atoms with Gasteiger partial charge in [0.2, 0.25) is 0 Å². The molecule has 94 valence electrons. The van der Waals surface area contributed by atoms with Gasteiger partial charge in [-0.15, -0.1) is 0 Å². The Hall–Kier alpha value is -1.07. The molecule has 0 aliphatic rings. The van der Waals surface area contributed by atoms with Gasteiger partial charge in [0, 0.05) is 24.1 Å². The molecule has 4 nitrogen and oxygen atoms in total. The van der Waals surface area contributed by atoms with Crippen LogP contribution in [0.25, 0.3) is 0 Å². The molecule has 0 saturated heterocycles. The molecule has 0 aliphatic heterocycles. The summed E-state index contributed by atoms with van der Waals surface area (Å²) in [7, 11) is 0. The molecule has 0 spiro atoms. The van der Waals surface area contributed by atoms with Crippen LogP contribution in [-0.2, 0) is 0 Å². The molecule has 1 amide bonds. The first-order valence-corrected chi connectivity index (χ1v) is 6.02. The molecular weight excluding hydrogens is 286 g/mol. The van der Waals surface area contributed by atoms with Gasteiger partial charge in [0.25, 0.3) is 5.91 Å². The largest absolute Gasteiger partial charge is 0.507 e. The third-order valence-corrected chi connectivity index (χ3v) is 3.03. The zero-order valence-corrected chi connectivity index (χ0v) is 11.4. The Bertz CT molecular complexity index is 418. The van der Waals surface area contributed by atoms with Crippen LogP contribution in [-0.4, -0.2) is 29.3 Å². The average molecular weight is 302 g/mol. The van der Waals surface area contributed by atoms with E-state index in [1.165, 1.54) is 6.07 Å². The molecule has 0 aromatic heterocycles. The first kappa shape index (κ1) is 14.0. The summed E-state index contributed by atoms with van der Waals surface area (Å²) in [5.74, 6) is -0.242. The molecular formula is C12H16BrNO3. The number of aliphatic hydroxyl groups excluding tert-OH is 1. The van der Waals surface area contributed by atoms with E-state index < -0.39 is 0 Å². The van der Waals surface area contributed by atoms with Crippen molar-refractivity contribution in [3.8, 4) is 5.75 Å². The van der Waals surface area contributed by atoms with E-state index in [1.807, 2.05) is 13.8 Å². The Morgan fingerprint density at radius 2 is 2.12 bits per heavy atom. The minimum absolute atomic E-state index is 0.00112. The second kappa shape index (κ2) is 5.51. The van der Waals surface area contributed by atoms with Gasteiger partial charge in [0.05, 0.1) is 4.47 Å². The number of aromatic hydroxyl groups is 1. The predicted octanol–water partition coefficient (Wildman–Crippen LogP) is 1.90. The quantitative estimate of drug-likeness (QED) is 0.795. The number of carbonyl (C=O) groups excluding carboxylic acids is 1. The van der Waals surface area contributed by atoms with Crippen molar-refractivity contribution in [3.05, 3.63) is 28.2 Å². The maximum absolute atomic E-state index is 11.8. The molecule has 0 saturated carbocycles. The van der Waals surface area contributed by atoms with Gasteiger partial charge >= 0.3 is 0 Å². The topological polar surface area (TPSA) is 69.6 Å². The zero-order chi connectivity index (χ0) is 13.1. The predicted molar refractivity (Wildman–Crippen MR) is 69.0 cm³/mol. The lowest BCUT2D eigenvalue weighted by atomic mass is 9.95. The van der Waals surface area contributed by atoms with Gasteiger partial charge < -0.3 is 15.5 Å². The van der Waals surface area contributed by atoms with Gasteiger partial charge in [-0.05, 0) is 34.1 Å². The number of phenolic OH excluding ortho intramolecular Hbond substituents is 1. The van der Waals surface area contributed by atoms with Crippen molar-refractivity contribution in [1.29, 1.82) is 0 Å². The summed E-state index contributed by atoms with van der Waals surface area (Å²) in [5, 5.41) is 21.2. The molecule has 1 aromatic rings.